The molecule has 2 N–H and O–H groups in total. The van der Waals surface area contributed by atoms with Crippen LogP contribution in [0.25, 0.3) is 0 Å². The van der Waals surface area contributed by atoms with Gasteiger partial charge in [-0.2, -0.15) is 0 Å². The molecule has 0 unspecified atom stereocenters. The van der Waals surface area contributed by atoms with E-state index in [0.717, 1.165) is 0 Å². The number of rotatable bonds is 4. The molecule has 0 atom stereocenters. The van der Waals surface area contributed by atoms with Gasteiger partial charge in [0.25, 0.3) is 0 Å². The number of nitrogens with two attached hydrogens (primary N) is 1. The van der Waals surface area contributed by atoms with E-state index in [4.69, 9.17) is 33.7 Å². The van der Waals surface area contributed by atoms with E-state index in [0.29, 0.717) is 39.2 Å². The van der Waals surface area contributed by atoms with Crippen LogP contribution in [-0.2, 0) is 0 Å². The van der Waals surface area contributed by atoms with Gasteiger partial charge in [0.15, 0.2) is 5.78 Å². The van der Waals surface area contributed by atoms with Gasteiger partial charge in [-0.25, -0.2) is 0 Å². The van der Waals surface area contributed by atoms with Crippen molar-refractivity contribution in [2.24, 2.45) is 0 Å². The second-order valence-corrected chi connectivity index (χ2v) is 4.98. The van der Waals surface area contributed by atoms with E-state index < -0.39 is 0 Å². The molecule has 0 aromatic heterocycles. The molecule has 0 radical (unpaired) electrons. The largest absolute Gasteiger partial charge is 0.492 e. The number of hydrogen-bond acceptors (Lipinski definition) is 3. The maximum absolute atomic E-state index is 12.4. The minimum atomic E-state index is -0.207. The maximum atomic E-state index is 12.4. The molecule has 0 aliphatic rings. The molecule has 2 rings (SSSR count). The monoisotopic (exact) mass is 309 g/mol. The van der Waals surface area contributed by atoms with Crippen LogP contribution in [0.4, 0.5) is 5.69 Å². The zero-order valence-corrected chi connectivity index (χ0v) is 12.3. The average Bonchev–Trinajstić information content (AvgIpc) is 2.40. The lowest BCUT2D eigenvalue weighted by Gasteiger charge is -2.09. The van der Waals surface area contributed by atoms with Gasteiger partial charge in [0, 0.05) is 16.1 Å². The lowest BCUT2D eigenvalue weighted by Crippen LogP contribution is -2.04. The summed E-state index contributed by atoms with van der Waals surface area (Å²) in [6.45, 7) is 2.38. The number of halogens is 2. The van der Waals surface area contributed by atoms with Crippen LogP contribution in [-0.4, -0.2) is 12.4 Å². The molecule has 3 nitrogen and oxygen atoms in total. The summed E-state index contributed by atoms with van der Waals surface area (Å²) in [4.78, 5) is 12.4. The quantitative estimate of drug-likeness (QED) is 0.680. The predicted octanol–water partition coefficient (Wildman–Crippen LogP) is 4.21. The number of ketones is 1. The van der Waals surface area contributed by atoms with Crippen molar-refractivity contribution in [1.82, 2.24) is 0 Å². The Morgan fingerprint density at radius 3 is 2.55 bits per heavy atom. The topological polar surface area (TPSA) is 52.3 Å². The molecule has 0 spiro atoms. The molecular weight excluding hydrogens is 297 g/mol. The number of carbonyl (C=O) groups excluding carboxylic acids is 1. The number of hydrogen-bond donors (Lipinski definition) is 1. The fraction of sp³-hybridized carbons (Fsp3) is 0.133. The van der Waals surface area contributed by atoms with Crippen LogP contribution in [0, 0.1) is 0 Å². The van der Waals surface area contributed by atoms with Crippen molar-refractivity contribution in [3.8, 4) is 5.75 Å². The van der Waals surface area contributed by atoms with E-state index in [1.807, 2.05) is 6.92 Å². The lowest BCUT2D eigenvalue weighted by atomic mass is 10.0. The lowest BCUT2D eigenvalue weighted by molar-refractivity contribution is 0.103. The third-order valence-electron chi connectivity index (χ3n) is 2.75. The highest BCUT2D eigenvalue weighted by Gasteiger charge is 2.14. The first-order valence-corrected chi connectivity index (χ1v) is 6.80. The van der Waals surface area contributed by atoms with Crippen molar-refractivity contribution in [1.29, 1.82) is 0 Å². The van der Waals surface area contributed by atoms with E-state index in [1.165, 1.54) is 6.07 Å². The summed E-state index contributed by atoms with van der Waals surface area (Å²) in [5.74, 6) is 0.354. The van der Waals surface area contributed by atoms with Gasteiger partial charge < -0.3 is 10.5 Å². The standard InChI is InChI=1S/C15H13Cl2NO2/c1-2-20-14-6-3-9(7-13(14)18)15(19)11-5-4-10(16)8-12(11)17/h3-8H,2,18H2,1H3. The molecule has 0 amide bonds. The van der Waals surface area contributed by atoms with Gasteiger partial charge in [0.05, 0.1) is 17.3 Å². The van der Waals surface area contributed by atoms with Gasteiger partial charge >= 0.3 is 0 Å². The first-order chi connectivity index (χ1) is 9.52. The van der Waals surface area contributed by atoms with E-state index in [1.54, 1.807) is 30.3 Å². The van der Waals surface area contributed by atoms with Gasteiger partial charge in [0.2, 0.25) is 0 Å². The normalized spacial score (nSPS) is 10.3. The Kier molecular flexibility index (Phi) is 4.53. The highest BCUT2D eigenvalue weighted by molar-refractivity contribution is 6.37. The smallest absolute Gasteiger partial charge is 0.194 e. The number of anilines is 1. The highest BCUT2D eigenvalue weighted by atomic mass is 35.5. The van der Waals surface area contributed by atoms with Crippen molar-refractivity contribution in [3.05, 3.63) is 57.6 Å². The van der Waals surface area contributed by atoms with Crippen LogP contribution in [0.1, 0.15) is 22.8 Å². The number of nitrogen functional groups attached to an aromatic ring is 1. The minimum absolute atomic E-state index is 0.207. The van der Waals surface area contributed by atoms with E-state index >= 15 is 0 Å². The van der Waals surface area contributed by atoms with Gasteiger partial charge in [-0.05, 0) is 43.3 Å². The van der Waals surface area contributed by atoms with Gasteiger partial charge in [-0.15, -0.1) is 0 Å². The fourth-order valence-corrected chi connectivity index (χ4v) is 2.30. The van der Waals surface area contributed by atoms with E-state index in [9.17, 15) is 4.79 Å². The Hall–Kier alpha value is -1.71. The Balaban J connectivity index is 2.36. The molecule has 5 heteroatoms. The molecule has 0 heterocycles. The second kappa shape index (κ2) is 6.16. The van der Waals surface area contributed by atoms with Crippen LogP contribution in [0.2, 0.25) is 10.0 Å². The summed E-state index contributed by atoms with van der Waals surface area (Å²) in [5.41, 5.74) is 7.12. The predicted molar refractivity (Wildman–Crippen MR) is 81.9 cm³/mol. The molecular formula is C15H13Cl2NO2. The molecule has 2 aromatic carbocycles. The molecule has 104 valence electrons. The Labute approximate surface area is 127 Å². The number of benzene rings is 2. The van der Waals surface area contributed by atoms with Gasteiger partial charge in [0.1, 0.15) is 5.75 Å². The molecule has 0 aliphatic carbocycles. The van der Waals surface area contributed by atoms with Crippen LogP contribution in [0.5, 0.6) is 5.75 Å². The van der Waals surface area contributed by atoms with Gasteiger partial charge in [-0.1, -0.05) is 23.2 Å². The van der Waals surface area contributed by atoms with Crippen LogP contribution >= 0.6 is 23.2 Å². The third kappa shape index (κ3) is 3.06. The van der Waals surface area contributed by atoms with Crippen molar-refractivity contribution in [3.63, 3.8) is 0 Å². The van der Waals surface area contributed by atoms with Crippen molar-refractivity contribution < 1.29 is 9.53 Å². The SMILES string of the molecule is CCOc1ccc(C(=O)c2ccc(Cl)cc2Cl)cc1N. The summed E-state index contributed by atoms with van der Waals surface area (Å²) < 4.78 is 5.34. The first kappa shape index (κ1) is 14.7. The number of carbonyl (C=O) groups is 1. The zero-order valence-electron chi connectivity index (χ0n) is 10.8. The summed E-state index contributed by atoms with van der Waals surface area (Å²) in [5, 5.41) is 0.799. The van der Waals surface area contributed by atoms with E-state index in [2.05, 4.69) is 0 Å². The fourth-order valence-electron chi connectivity index (χ4n) is 1.81. The minimum Gasteiger partial charge on any atom is -0.492 e. The Bertz CT molecular complexity index is 656. The van der Waals surface area contributed by atoms with Crippen LogP contribution < -0.4 is 10.5 Å². The second-order valence-electron chi connectivity index (χ2n) is 4.14. The summed E-state index contributed by atoms with van der Waals surface area (Å²) in [6.07, 6.45) is 0. The Morgan fingerprint density at radius 1 is 1.20 bits per heavy atom. The van der Waals surface area contributed by atoms with Crippen LogP contribution in [0.15, 0.2) is 36.4 Å². The molecule has 0 saturated heterocycles. The van der Waals surface area contributed by atoms with Crippen molar-refractivity contribution in [2.75, 3.05) is 12.3 Å². The molecule has 20 heavy (non-hydrogen) atoms. The highest BCUT2D eigenvalue weighted by Crippen LogP contribution is 2.27. The maximum Gasteiger partial charge on any atom is 0.194 e. The van der Waals surface area contributed by atoms with E-state index in [-0.39, 0.29) is 5.78 Å². The third-order valence-corrected chi connectivity index (χ3v) is 3.30. The summed E-state index contributed by atoms with van der Waals surface area (Å²) >= 11 is 11.8. The van der Waals surface area contributed by atoms with Crippen molar-refractivity contribution in [2.45, 2.75) is 6.92 Å². The van der Waals surface area contributed by atoms with Crippen LogP contribution in [0.3, 0.4) is 0 Å². The zero-order chi connectivity index (χ0) is 14.7. The summed E-state index contributed by atoms with van der Waals surface area (Å²) in [7, 11) is 0. The first-order valence-electron chi connectivity index (χ1n) is 6.05. The molecule has 2 aromatic rings. The molecule has 0 saturated carbocycles. The Morgan fingerprint density at radius 2 is 1.95 bits per heavy atom. The summed E-state index contributed by atoms with van der Waals surface area (Å²) in [6, 6.07) is 9.68. The average molecular weight is 310 g/mol. The number of ether oxygens (including phenoxy) is 1. The molecule has 0 fully saturated rings. The van der Waals surface area contributed by atoms with Crippen molar-refractivity contribution >= 4 is 34.7 Å². The van der Waals surface area contributed by atoms with Gasteiger partial charge in [-0.3, -0.25) is 4.79 Å². The molecule has 0 aliphatic heterocycles. The molecule has 0 bridgehead atoms.